The number of ether oxygens (including phenoxy) is 2. The van der Waals surface area contributed by atoms with Crippen LogP contribution in [0.4, 0.5) is 0 Å². The van der Waals surface area contributed by atoms with Gasteiger partial charge < -0.3 is 14.8 Å². The van der Waals surface area contributed by atoms with Crippen molar-refractivity contribution in [3.8, 4) is 0 Å². The average Bonchev–Trinajstić information content (AvgIpc) is 2.64. The van der Waals surface area contributed by atoms with Crippen molar-refractivity contribution in [3.63, 3.8) is 0 Å². The zero-order valence-electron chi connectivity index (χ0n) is 16.1. The summed E-state index contributed by atoms with van der Waals surface area (Å²) in [6, 6.07) is 10.5. The fourth-order valence-corrected chi connectivity index (χ4v) is 3.81. The number of likely N-dealkylation sites (tertiary alicyclic amines) is 1. The molecule has 144 valence electrons. The number of carbonyl (C=O) groups excluding carboxylic acids is 1. The van der Waals surface area contributed by atoms with Gasteiger partial charge >= 0.3 is 0 Å². The van der Waals surface area contributed by atoms with E-state index in [1.54, 1.807) is 0 Å². The first-order valence-corrected chi connectivity index (χ1v) is 9.81. The van der Waals surface area contributed by atoms with Gasteiger partial charge in [0, 0.05) is 38.2 Å². The molecule has 2 atom stereocenters. The van der Waals surface area contributed by atoms with Crippen LogP contribution in [-0.2, 0) is 20.8 Å². The summed E-state index contributed by atoms with van der Waals surface area (Å²) in [6.45, 7) is 9.07. The highest BCUT2D eigenvalue weighted by atomic mass is 16.5. The number of amides is 1. The van der Waals surface area contributed by atoms with Gasteiger partial charge in [0.15, 0.2) is 0 Å². The Labute approximate surface area is 157 Å². The summed E-state index contributed by atoms with van der Waals surface area (Å²) in [5.74, 6) is -0.0245. The predicted molar refractivity (Wildman–Crippen MR) is 102 cm³/mol. The lowest BCUT2D eigenvalue weighted by atomic mass is 9.81. The molecule has 0 unspecified atom stereocenters. The Morgan fingerprint density at radius 2 is 2.12 bits per heavy atom. The Kier molecular flexibility index (Phi) is 6.68. The van der Waals surface area contributed by atoms with Gasteiger partial charge in [0.2, 0.25) is 5.91 Å². The minimum Gasteiger partial charge on any atom is -0.376 e. The Morgan fingerprint density at radius 1 is 1.35 bits per heavy atom. The quantitative estimate of drug-likeness (QED) is 0.774. The van der Waals surface area contributed by atoms with E-state index >= 15 is 0 Å². The fourth-order valence-electron chi connectivity index (χ4n) is 3.81. The van der Waals surface area contributed by atoms with Gasteiger partial charge in [-0.15, -0.1) is 0 Å². The van der Waals surface area contributed by atoms with Gasteiger partial charge in [-0.25, -0.2) is 0 Å². The van der Waals surface area contributed by atoms with E-state index < -0.39 is 6.10 Å². The van der Waals surface area contributed by atoms with E-state index in [2.05, 4.69) is 41.4 Å². The molecule has 1 N–H and O–H groups in total. The summed E-state index contributed by atoms with van der Waals surface area (Å²) in [4.78, 5) is 14.7. The molecule has 0 bridgehead atoms. The molecule has 3 rings (SSSR count). The topological polar surface area (TPSA) is 50.8 Å². The number of carbonyl (C=O) groups is 1. The third-order valence-corrected chi connectivity index (χ3v) is 5.32. The zero-order chi connectivity index (χ0) is 18.4. The van der Waals surface area contributed by atoms with Gasteiger partial charge in [0.25, 0.3) is 0 Å². The van der Waals surface area contributed by atoms with E-state index in [-0.39, 0.29) is 17.4 Å². The van der Waals surface area contributed by atoms with Crippen molar-refractivity contribution in [3.05, 3.63) is 35.9 Å². The molecule has 2 fully saturated rings. The molecular weight excluding hydrogens is 328 g/mol. The number of hydrogen-bond donors (Lipinski definition) is 1. The van der Waals surface area contributed by atoms with Crippen LogP contribution in [0.2, 0.25) is 0 Å². The SMILES string of the molecule is C[C@@H](OC[C@H]1CCCCO1)C(=O)NCC1(C)CN(Cc2ccccc2)C1. The highest BCUT2D eigenvalue weighted by molar-refractivity contribution is 5.80. The number of benzene rings is 1. The monoisotopic (exact) mass is 360 g/mol. The van der Waals surface area contributed by atoms with Gasteiger partial charge in [0.05, 0.1) is 12.7 Å². The summed E-state index contributed by atoms with van der Waals surface area (Å²) in [5.41, 5.74) is 1.49. The van der Waals surface area contributed by atoms with Gasteiger partial charge in [-0.1, -0.05) is 37.3 Å². The molecule has 2 heterocycles. The normalized spacial score (nSPS) is 23.8. The van der Waals surface area contributed by atoms with E-state index in [4.69, 9.17) is 9.47 Å². The van der Waals surface area contributed by atoms with Crippen molar-refractivity contribution in [1.29, 1.82) is 0 Å². The van der Waals surface area contributed by atoms with Crippen LogP contribution < -0.4 is 5.32 Å². The maximum atomic E-state index is 12.3. The Hall–Kier alpha value is -1.43. The smallest absolute Gasteiger partial charge is 0.248 e. The minimum absolute atomic E-state index is 0.0245. The molecule has 26 heavy (non-hydrogen) atoms. The minimum atomic E-state index is -0.426. The molecule has 0 aliphatic carbocycles. The average molecular weight is 360 g/mol. The molecule has 5 heteroatoms. The molecule has 2 saturated heterocycles. The molecule has 0 spiro atoms. The second-order valence-corrected chi connectivity index (χ2v) is 8.12. The van der Waals surface area contributed by atoms with Crippen LogP contribution in [0.1, 0.15) is 38.7 Å². The van der Waals surface area contributed by atoms with Gasteiger partial charge in [-0.05, 0) is 31.7 Å². The van der Waals surface area contributed by atoms with Crippen molar-refractivity contribution < 1.29 is 14.3 Å². The molecular formula is C21H32N2O3. The van der Waals surface area contributed by atoms with Crippen molar-refractivity contribution >= 4 is 5.91 Å². The molecule has 0 radical (unpaired) electrons. The van der Waals surface area contributed by atoms with E-state index in [9.17, 15) is 4.79 Å². The third-order valence-electron chi connectivity index (χ3n) is 5.32. The fraction of sp³-hybridized carbons (Fsp3) is 0.667. The van der Waals surface area contributed by atoms with Crippen LogP contribution in [0.5, 0.6) is 0 Å². The summed E-state index contributed by atoms with van der Waals surface area (Å²) in [5, 5.41) is 3.07. The van der Waals surface area contributed by atoms with Gasteiger partial charge in [0.1, 0.15) is 6.10 Å². The number of hydrogen-bond acceptors (Lipinski definition) is 4. The van der Waals surface area contributed by atoms with E-state index in [0.717, 1.165) is 39.1 Å². The molecule has 5 nitrogen and oxygen atoms in total. The highest BCUT2D eigenvalue weighted by Crippen LogP contribution is 2.30. The van der Waals surface area contributed by atoms with E-state index in [1.807, 2.05) is 13.0 Å². The Morgan fingerprint density at radius 3 is 2.81 bits per heavy atom. The lowest BCUT2D eigenvalue weighted by Gasteiger charge is -2.48. The second-order valence-electron chi connectivity index (χ2n) is 8.12. The summed E-state index contributed by atoms with van der Waals surface area (Å²) < 4.78 is 11.4. The lowest BCUT2D eigenvalue weighted by molar-refractivity contribution is -0.136. The summed E-state index contributed by atoms with van der Waals surface area (Å²) in [7, 11) is 0. The van der Waals surface area contributed by atoms with Crippen molar-refractivity contribution in [1.82, 2.24) is 10.2 Å². The summed E-state index contributed by atoms with van der Waals surface area (Å²) in [6.07, 6.45) is 3.07. The maximum absolute atomic E-state index is 12.3. The maximum Gasteiger partial charge on any atom is 0.248 e. The van der Waals surface area contributed by atoms with Crippen molar-refractivity contribution in [2.45, 2.75) is 51.9 Å². The van der Waals surface area contributed by atoms with Gasteiger partial charge in [-0.2, -0.15) is 0 Å². The van der Waals surface area contributed by atoms with Crippen LogP contribution in [0.15, 0.2) is 30.3 Å². The van der Waals surface area contributed by atoms with Crippen molar-refractivity contribution in [2.24, 2.45) is 5.41 Å². The highest BCUT2D eigenvalue weighted by Gasteiger charge is 2.38. The lowest BCUT2D eigenvalue weighted by Crippen LogP contribution is -2.59. The first kappa shape index (κ1) is 19.3. The van der Waals surface area contributed by atoms with Crippen LogP contribution in [0, 0.1) is 5.41 Å². The van der Waals surface area contributed by atoms with Crippen LogP contribution in [-0.4, -0.2) is 55.9 Å². The Bertz CT molecular complexity index is 566. The first-order chi connectivity index (χ1) is 12.5. The molecule has 0 aromatic heterocycles. The Balaban J connectivity index is 1.32. The van der Waals surface area contributed by atoms with Crippen molar-refractivity contribution in [2.75, 3.05) is 32.8 Å². The van der Waals surface area contributed by atoms with E-state index in [0.29, 0.717) is 13.2 Å². The standard InChI is InChI=1S/C21H32N2O3/c1-17(26-13-19-10-6-7-11-25-19)20(24)22-14-21(2)15-23(16-21)12-18-8-4-3-5-9-18/h3-5,8-9,17,19H,6-7,10-16H2,1-2H3,(H,22,24)/t17-,19-/m1/s1. The molecule has 1 aromatic carbocycles. The number of nitrogens with zero attached hydrogens (tertiary/aromatic N) is 1. The number of rotatable bonds is 8. The molecule has 2 aliphatic heterocycles. The third kappa shape index (κ3) is 5.53. The molecule has 1 amide bonds. The second kappa shape index (κ2) is 8.98. The molecule has 0 saturated carbocycles. The van der Waals surface area contributed by atoms with Crippen LogP contribution in [0.25, 0.3) is 0 Å². The molecule has 1 aromatic rings. The predicted octanol–water partition coefficient (Wildman–Crippen LogP) is 2.60. The summed E-state index contributed by atoms with van der Waals surface area (Å²) >= 11 is 0. The number of nitrogens with one attached hydrogen (secondary N) is 1. The van der Waals surface area contributed by atoms with Gasteiger partial charge in [-0.3, -0.25) is 9.69 Å². The first-order valence-electron chi connectivity index (χ1n) is 9.81. The molecule has 2 aliphatic rings. The zero-order valence-corrected chi connectivity index (χ0v) is 16.1. The van der Waals surface area contributed by atoms with E-state index in [1.165, 1.54) is 12.0 Å². The van der Waals surface area contributed by atoms with Crippen LogP contribution in [0.3, 0.4) is 0 Å². The largest absolute Gasteiger partial charge is 0.376 e. The van der Waals surface area contributed by atoms with Crippen LogP contribution >= 0.6 is 0 Å².